The lowest BCUT2D eigenvalue weighted by Crippen LogP contribution is -2.36. The minimum atomic E-state index is -0.581. The van der Waals surface area contributed by atoms with Gasteiger partial charge in [-0.25, -0.2) is 0 Å². The molecule has 1 heterocycles. The van der Waals surface area contributed by atoms with E-state index in [1.807, 2.05) is 70.2 Å². The van der Waals surface area contributed by atoms with E-state index in [9.17, 15) is 4.79 Å². The molecule has 27 heavy (non-hydrogen) atoms. The van der Waals surface area contributed by atoms with Gasteiger partial charge in [-0.3, -0.25) is 4.79 Å². The zero-order valence-electron chi connectivity index (χ0n) is 16.2. The van der Waals surface area contributed by atoms with Gasteiger partial charge in [0.2, 0.25) is 0 Å². The number of nitrogens with one attached hydrogen (secondary N) is 1. The van der Waals surface area contributed by atoms with Crippen molar-refractivity contribution in [1.29, 1.82) is 0 Å². The highest BCUT2D eigenvalue weighted by molar-refractivity contribution is 5.98. The third-order valence-corrected chi connectivity index (χ3v) is 3.77. The van der Waals surface area contributed by atoms with Crippen LogP contribution in [0.4, 0.5) is 5.69 Å². The van der Waals surface area contributed by atoms with Crippen LogP contribution >= 0.6 is 0 Å². The number of allylic oxidation sites excluding steroid dienone is 3. The number of hydrogen-bond acceptors (Lipinski definition) is 4. The van der Waals surface area contributed by atoms with Gasteiger partial charge in [0.1, 0.15) is 17.3 Å². The Bertz CT molecular complexity index is 856. The quantitative estimate of drug-likeness (QED) is 0.455. The maximum Gasteiger partial charge on any atom is 0.258 e. The van der Waals surface area contributed by atoms with Gasteiger partial charge in [-0.1, -0.05) is 32.1 Å². The van der Waals surface area contributed by atoms with Crippen molar-refractivity contribution in [3.05, 3.63) is 77.6 Å². The van der Waals surface area contributed by atoms with Gasteiger partial charge in [0.15, 0.2) is 6.23 Å². The topological polar surface area (TPSA) is 73.6 Å². The molecule has 1 aliphatic rings. The Morgan fingerprint density at radius 2 is 1.96 bits per heavy atom. The molecule has 0 radical (unpaired) electrons. The highest BCUT2D eigenvalue weighted by Gasteiger charge is 2.27. The minimum absolute atomic E-state index is 0.215. The van der Waals surface area contributed by atoms with Crippen molar-refractivity contribution >= 4 is 11.6 Å². The number of carbonyl (C=O) groups excluding carboxylic acids is 1. The van der Waals surface area contributed by atoms with Gasteiger partial charge in [0, 0.05) is 11.3 Å². The van der Waals surface area contributed by atoms with Crippen LogP contribution in [0.5, 0.6) is 11.5 Å². The summed E-state index contributed by atoms with van der Waals surface area (Å²) in [5.41, 5.74) is 7.49. The van der Waals surface area contributed by atoms with Gasteiger partial charge >= 0.3 is 0 Å². The molecule has 3 N–H and O–H groups in total. The van der Waals surface area contributed by atoms with Gasteiger partial charge in [0.25, 0.3) is 5.91 Å². The number of rotatable bonds is 4. The monoisotopic (exact) mass is 366 g/mol. The summed E-state index contributed by atoms with van der Waals surface area (Å²) in [5, 5.41) is 2.83. The number of nitrogens with two attached hydrogens (primary N) is 1. The molecule has 1 atom stereocenters. The van der Waals surface area contributed by atoms with E-state index >= 15 is 0 Å². The summed E-state index contributed by atoms with van der Waals surface area (Å²) in [5.74, 6) is 1.71. The number of hydrogen-bond donors (Lipinski definition) is 2. The van der Waals surface area contributed by atoms with Crippen LogP contribution in [0.15, 0.2) is 66.5 Å². The summed E-state index contributed by atoms with van der Waals surface area (Å²) in [6, 6.07) is 12.5. The third-order valence-electron chi connectivity index (χ3n) is 3.77. The molecule has 1 amide bonds. The molecule has 0 saturated heterocycles. The predicted octanol–water partition coefficient (Wildman–Crippen LogP) is 4.97. The maximum absolute atomic E-state index is 12.3. The van der Waals surface area contributed by atoms with E-state index in [0.717, 1.165) is 11.3 Å². The van der Waals surface area contributed by atoms with Crippen LogP contribution in [0.3, 0.4) is 0 Å². The van der Waals surface area contributed by atoms with Crippen molar-refractivity contribution in [2.24, 2.45) is 0 Å². The van der Waals surface area contributed by atoms with Crippen LogP contribution in [0.1, 0.15) is 49.8 Å². The van der Waals surface area contributed by atoms with E-state index in [4.69, 9.17) is 15.2 Å². The zero-order chi connectivity index (χ0) is 19.8. The molecule has 1 aliphatic heterocycles. The lowest BCUT2D eigenvalue weighted by molar-refractivity contribution is 0.0756. The van der Waals surface area contributed by atoms with Gasteiger partial charge in [-0.2, -0.15) is 0 Å². The highest BCUT2D eigenvalue weighted by atomic mass is 16.5. The van der Waals surface area contributed by atoms with Crippen LogP contribution in [0.2, 0.25) is 0 Å². The van der Waals surface area contributed by atoms with E-state index in [-0.39, 0.29) is 5.91 Å². The molecule has 0 saturated carbocycles. The second-order valence-corrected chi connectivity index (χ2v) is 5.59. The molecule has 0 spiro atoms. The summed E-state index contributed by atoms with van der Waals surface area (Å²) in [4.78, 5) is 12.3. The largest absolute Gasteiger partial charge is 0.466 e. The average molecular weight is 366 g/mol. The van der Waals surface area contributed by atoms with Gasteiger partial charge in [0.05, 0.1) is 5.56 Å². The van der Waals surface area contributed by atoms with Gasteiger partial charge in [-0.15, -0.1) is 0 Å². The van der Waals surface area contributed by atoms with Crippen molar-refractivity contribution in [2.75, 3.05) is 5.73 Å². The van der Waals surface area contributed by atoms with Crippen molar-refractivity contribution in [2.45, 2.75) is 33.9 Å². The van der Waals surface area contributed by atoms with E-state index < -0.39 is 6.23 Å². The molecular weight excluding hydrogens is 340 g/mol. The van der Waals surface area contributed by atoms with Crippen LogP contribution in [-0.2, 0) is 0 Å². The first-order valence-electron chi connectivity index (χ1n) is 9.04. The lowest BCUT2D eigenvalue weighted by Gasteiger charge is -2.27. The normalized spacial score (nSPS) is 15.9. The number of amides is 1. The van der Waals surface area contributed by atoms with Crippen molar-refractivity contribution in [3.63, 3.8) is 0 Å². The van der Waals surface area contributed by atoms with Crippen molar-refractivity contribution in [3.8, 4) is 11.5 Å². The van der Waals surface area contributed by atoms with Crippen LogP contribution in [0, 0.1) is 0 Å². The molecule has 0 aromatic heterocycles. The first-order valence-corrected chi connectivity index (χ1v) is 9.04. The van der Waals surface area contributed by atoms with Crippen LogP contribution in [-0.4, -0.2) is 5.91 Å². The smallest absolute Gasteiger partial charge is 0.258 e. The first kappa shape index (κ1) is 20.1. The van der Waals surface area contributed by atoms with E-state index in [1.54, 1.807) is 18.2 Å². The van der Waals surface area contributed by atoms with E-state index in [0.29, 0.717) is 22.7 Å². The summed E-state index contributed by atoms with van der Waals surface area (Å²) in [6.07, 6.45) is 5.09. The standard InChI is InChI=1S/C20H20N2O3.C2H6/c1-3-6-15(4-2)24-16-8-5-7-13(11-16)20-22-19(23)17-12-14(21)9-10-18(17)25-20;1-2/h3-12,20H,21H2,1-2H3,(H,22,23);1-2H3/b6-3-,15-4+;. The Kier molecular flexibility index (Phi) is 7.06. The number of benzene rings is 2. The summed E-state index contributed by atoms with van der Waals surface area (Å²) < 4.78 is 11.7. The minimum Gasteiger partial charge on any atom is -0.466 e. The second-order valence-electron chi connectivity index (χ2n) is 5.59. The number of anilines is 1. The number of ether oxygens (including phenoxy) is 2. The zero-order valence-corrected chi connectivity index (χ0v) is 16.2. The Morgan fingerprint density at radius 3 is 2.67 bits per heavy atom. The van der Waals surface area contributed by atoms with Crippen molar-refractivity contribution < 1.29 is 14.3 Å². The Morgan fingerprint density at radius 1 is 1.19 bits per heavy atom. The maximum atomic E-state index is 12.3. The van der Waals surface area contributed by atoms with E-state index in [1.165, 1.54) is 0 Å². The fraction of sp³-hybridized carbons (Fsp3) is 0.227. The van der Waals surface area contributed by atoms with Crippen LogP contribution in [0.25, 0.3) is 0 Å². The third kappa shape index (κ3) is 4.91. The number of fused-ring (bicyclic) bond motifs is 1. The number of carbonyl (C=O) groups is 1. The molecule has 0 fully saturated rings. The molecule has 0 bridgehead atoms. The molecule has 3 rings (SSSR count). The predicted molar refractivity (Wildman–Crippen MR) is 109 cm³/mol. The summed E-state index contributed by atoms with van der Waals surface area (Å²) in [7, 11) is 0. The van der Waals surface area contributed by atoms with Gasteiger partial charge in [-0.05, 0) is 56.3 Å². The molecule has 5 heteroatoms. The fourth-order valence-corrected chi connectivity index (χ4v) is 2.56. The fourth-order valence-electron chi connectivity index (χ4n) is 2.56. The molecule has 142 valence electrons. The van der Waals surface area contributed by atoms with Crippen molar-refractivity contribution in [1.82, 2.24) is 5.32 Å². The highest BCUT2D eigenvalue weighted by Crippen LogP contribution is 2.31. The van der Waals surface area contributed by atoms with E-state index in [2.05, 4.69) is 5.32 Å². The second kappa shape index (κ2) is 9.48. The summed E-state index contributed by atoms with van der Waals surface area (Å²) >= 11 is 0. The molecular formula is C22H26N2O3. The number of nitrogen functional groups attached to an aromatic ring is 1. The molecule has 0 aliphatic carbocycles. The molecule has 2 aromatic rings. The SMILES string of the molecule is C/C=C\C(=C/C)Oc1cccc(C2NC(=O)c3cc(N)ccc3O2)c1.CC. The Labute approximate surface area is 160 Å². The summed E-state index contributed by atoms with van der Waals surface area (Å²) in [6.45, 7) is 7.84. The first-order chi connectivity index (χ1) is 13.1. The molecule has 2 aromatic carbocycles. The lowest BCUT2D eigenvalue weighted by atomic mass is 10.1. The van der Waals surface area contributed by atoms with Gasteiger partial charge < -0.3 is 20.5 Å². The molecule has 1 unspecified atom stereocenters. The molecule has 5 nitrogen and oxygen atoms in total. The van der Waals surface area contributed by atoms with Crippen LogP contribution < -0.4 is 20.5 Å². The average Bonchev–Trinajstić information content (AvgIpc) is 2.70. The Hall–Kier alpha value is -3.21. The Balaban J connectivity index is 0.00000126.